The Bertz CT molecular complexity index is 354. The zero-order valence-electron chi connectivity index (χ0n) is 8.43. The summed E-state index contributed by atoms with van der Waals surface area (Å²) in [5, 5.41) is 0. The number of Topliss-reactive ketones (excluding diaryl/α,β-unsaturated/α-hetero) is 1. The standard InChI is InChI=1S/C11H12BrFOS/c1-2-15-7-10(14)6-8-5-9(12)3-4-11(8)13/h3-5H,2,6-7H2,1H3. The topological polar surface area (TPSA) is 17.1 Å². The van der Waals surface area contributed by atoms with E-state index in [0.29, 0.717) is 11.3 Å². The molecule has 0 fully saturated rings. The Balaban J connectivity index is 2.63. The number of thioether (sulfide) groups is 1. The van der Waals surface area contributed by atoms with Gasteiger partial charge in [0.25, 0.3) is 0 Å². The second-order valence-electron chi connectivity index (χ2n) is 3.09. The van der Waals surface area contributed by atoms with Gasteiger partial charge < -0.3 is 0 Å². The molecule has 15 heavy (non-hydrogen) atoms. The minimum absolute atomic E-state index is 0.0684. The highest BCUT2D eigenvalue weighted by Crippen LogP contribution is 2.16. The van der Waals surface area contributed by atoms with E-state index in [9.17, 15) is 9.18 Å². The Hall–Kier alpha value is -0.350. The molecule has 1 nitrogen and oxygen atoms in total. The van der Waals surface area contributed by atoms with Gasteiger partial charge in [0, 0.05) is 10.9 Å². The molecule has 1 aromatic carbocycles. The third-order valence-corrected chi connectivity index (χ3v) is 3.29. The SMILES string of the molecule is CCSCC(=O)Cc1cc(Br)ccc1F. The lowest BCUT2D eigenvalue weighted by molar-refractivity contribution is -0.116. The average molecular weight is 291 g/mol. The Labute approximate surface area is 102 Å². The third kappa shape index (κ3) is 4.34. The molecule has 1 aromatic rings. The first-order valence-electron chi connectivity index (χ1n) is 4.67. The molecule has 0 aliphatic carbocycles. The van der Waals surface area contributed by atoms with Gasteiger partial charge in [0.15, 0.2) is 0 Å². The predicted molar refractivity (Wildman–Crippen MR) is 65.8 cm³/mol. The summed E-state index contributed by atoms with van der Waals surface area (Å²) in [6.07, 6.45) is 0.179. The molecule has 0 aromatic heterocycles. The molecule has 0 heterocycles. The summed E-state index contributed by atoms with van der Waals surface area (Å²) in [5.41, 5.74) is 0.464. The maximum atomic E-state index is 13.3. The van der Waals surface area contributed by atoms with Gasteiger partial charge in [0.2, 0.25) is 0 Å². The van der Waals surface area contributed by atoms with Crippen molar-refractivity contribution in [2.75, 3.05) is 11.5 Å². The van der Waals surface area contributed by atoms with Crippen molar-refractivity contribution in [3.63, 3.8) is 0 Å². The van der Waals surface area contributed by atoms with Gasteiger partial charge in [-0.15, -0.1) is 0 Å². The number of hydrogen-bond acceptors (Lipinski definition) is 2. The first-order chi connectivity index (χ1) is 7.13. The number of carbonyl (C=O) groups is 1. The van der Waals surface area contributed by atoms with Crippen LogP contribution < -0.4 is 0 Å². The molecule has 0 amide bonds. The summed E-state index contributed by atoms with van der Waals surface area (Å²) in [6.45, 7) is 2.00. The van der Waals surface area contributed by atoms with Gasteiger partial charge in [-0.1, -0.05) is 22.9 Å². The summed E-state index contributed by atoms with van der Waals surface area (Å²) >= 11 is 4.82. The van der Waals surface area contributed by atoms with E-state index in [1.54, 1.807) is 23.9 Å². The molecule has 0 atom stereocenters. The maximum absolute atomic E-state index is 13.3. The quantitative estimate of drug-likeness (QED) is 0.826. The molecule has 82 valence electrons. The van der Waals surface area contributed by atoms with Crippen LogP contribution in [0.3, 0.4) is 0 Å². The Morgan fingerprint density at radius 2 is 2.27 bits per heavy atom. The van der Waals surface area contributed by atoms with E-state index >= 15 is 0 Å². The van der Waals surface area contributed by atoms with Crippen molar-refractivity contribution in [1.82, 2.24) is 0 Å². The van der Waals surface area contributed by atoms with E-state index in [0.717, 1.165) is 10.2 Å². The third-order valence-electron chi connectivity index (χ3n) is 1.86. The smallest absolute Gasteiger partial charge is 0.147 e. The number of benzene rings is 1. The van der Waals surface area contributed by atoms with Gasteiger partial charge in [0.1, 0.15) is 11.6 Å². The lowest BCUT2D eigenvalue weighted by Gasteiger charge is -2.03. The van der Waals surface area contributed by atoms with Crippen LogP contribution >= 0.6 is 27.7 Å². The largest absolute Gasteiger partial charge is 0.298 e. The molecule has 0 saturated heterocycles. The summed E-state index contributed by atoms with van der Waals surface area (Å²) in [6, 6.07) is 4.66. The maximum Gasteiger partial charge on any atom is 0.147 e. The van der Waals surface area contributed by atoms with Crippen LogP contribution in [-0.4, -0.2) is 17.3 Å². The minimum atomic E-state index is -0.312. The highest BCUT2D eigenvalue weighted by molar-refractivity contribution is 9.10. The van der Waals surface area contributed by atoms with Crippen LogP contribution in [0.5, 0.6) is 0 Å². The van der Waals surface area contributed by atoms with Gasteiger partial charge in [-0.2, -0.15) is 11.8 Å². The number of rotatable bonds is 5. The Morgan fingerprint density at radius 1 is 1.53 bits per heavy atom. The van der Waals surface area contributed by atoms with E-state index in [1.165, 1.54) is 6.07 Å². The number of hydrogen-bond donors (Lipinski definition) is 0. The zero-order valence-corrected chi connectivity index (χ0v) is 10.8. The molecule has 0 aliphatic rings. The van der Waals surface area contributed by atoms with Gasteiger partial charge in [0.05, 0.1) is 5.75 Å². The highest BCUT2D eigenvalue weighted by Gasteiger charge is 2.08. The summed E-state index contributed by atoms with van der Waals surface area (Å²) in [7, 11) is 0. The van der Waals surface area contributed by atoms with E-state index in [4.69, 9.17) is 0 Å². The van der Waals surface area contributed by atoms with Crippen molar-refractivity contribution < 1.29 is 9.18 Å². The van der Waals surface area contributed by atoms with E-state index in [2.05, 4.69) is 15.9 Å². The highest BCUT2D eigenvalue weighted by atomic mass is 79.9. The average Bonchev–Trinajstić information content (AvgIpc) is 2.20. The second-order valence-corrected chi connectivity index (χ2v) is 5.28. The zero-order chi connectivity index (χ0) is 11.3. The fourth-order valence-electron chi connectivity index (χ4n) is 1.16. The molecule has 0 N–H and O–H groups in total. The molecule has 0 saturated carbocycles. The van der Waals surface area contributed by atoms with Crippen LogP contribution in [0.25, 0.3) is 0 Å². The summed E-state index contributed by atoms with van der Waals surface area (Å²) < 4.78 is 14.1. The molecular weight excluding hydrogens is 279 g/mol. The normalized spacial score (nSPS) is 10.3. The van der Waals surface area contributed by atoms with Crippen LogP contribution in [0.1, 0.15) is 12.5 Å². The van der Waals surface area contributed by atoms with E-state index in [-0.39, 0.29) is 18.0 Å². The lowest BCUT2D eigenvalue weighted by atomic mass is 10.1. The fourth-order valence-corrected chi connectivity index (χ4v) is 2.10. The van der Waals surface area contributed by atoms with E-state index in [1.807, 2.05) is 6.92 Å². The molecule has 0 radical (unpaired) electrons. The number of halogens is 2. The van der Waals surface area contributed by atoms with Crippen LogP contribution in [0.4, 0.5) is 4.39 Å². The minimum Gasteiger partial charge on any atom is -0.298 e. The van der Waals surface area contributed by atoms with Crippen LogP contribution in [0.2, 0.25) is 0 Å². The number of carbonyl (C=O) groups excluding carboxylic acids is 1. The van der Waals surface area contributed by atoms with Gasteiger partial charge >= 0.3 is 0 Å². The molecule has 4 heteroatoms. The number of ketones is 1. The first-order valence-corrected chi connectivity index (χ1v) is 6.61. The van der Waals surface area contributed by atoms with Crippen molar-refractivity contribution in [2.45, 2.75) is 13.3 Å². The second kappa shape index (κ2) is 6.28. The molecule has 0 bridgehead atoms. The van der Waals surface area contributed by atoms with E-state index < -0.39 is 0 Å². The van der Waals surface area contributed by atoms with Crippen LogP contribution in [0, 0.1) is 5.82 Å². The molecule has 0 aliphatic heterocycles. The monoisotopic (exact) mass is 290 g/mol. The van der Waals surface area contributed by atoms with Crippen molar-refractivity contribution >= 4 is 33.5 Å². The molecular formula is C11H12BrFOS. The first kappa shape index (κ1) is 12.7. The van der Waals surface area contributed by atoms with Gasteiger partial charge in [-0.3, -0.25) is 4.79 Å². The van der Waals surface area contributed by atoms with Crippen LogP contribution in [0.15, 0.2) is 22.7 Å². The van der Waals surface area contributed by atoms with Gasteiger partial charge in [-0.25, -0.2) is 4.39 Å². The van der Waals surface area contributed by atoms with Crippen molar-refractivity contribution in [3.8, 4) is 0 Å². The summed E-state index contributed by atoms with van der Waals surface area (Å²) in [5.74, 6) is 1.13. The molecule has 0 spiro atoms. The molecule has 0 unspecified atom stereocenters. The predicted octanol–water partition coefficient (Wildman–Crippen LogP) is 3.45. The molecule has 1 rings (SSSR count). The van der Waals surface area contributed by atoms with Crippen molar-refractivity contribution in [2.24, 2.45) is 0 Å². The lowest BCUT2D eigenvalue weighted by Crippen LogP contribution is -2.07. The Kier molecular flexibility index (Phi) is 5.32. The van der Waals surface area contributed by atoms with Crippen LogP contribution in [-0.2, 0) is 11.2 Å². The Morgan fingerprint density at radius 3 is 2.93 bits per heavy atom. The summed E-state index contributed by atoms with van der Waals surface area (Å²) in [4.78, 5) is 11.4. The van der Waals surface area contributed by atoms with Crippen molar-refractivity contribution in [1.29, 1.82) is 0 Å². The van der Waals surface area contributed by atoms with Gasteiger partial charge in [-0.05, 0) is 29.5 Å². The van der Waals surface area contributed by atoms with Crippen molar-refractivity contribution in [3.05, 3.63) is 34.1 Å². The fraction of sp³-hybridized carbons (Fsp3) is 0.364.